The minimum atomic E-state index is -3.23. The summed E-state index contributed by atoms with van der Waals surface area (Å²) in [7, 11) is -3.23. The number of nitrogens with one attached hydrogen (secondary N) is 1. The number of hydrogen-bond donors (Lipinski definition) is 1. The summed E-state index contributed by atoms with van der Waals surface area (Å²) in [6.45, 7) is 0.165. The summed E-state index contributed by atoms with van der Waals surface area (Å²) in [6, 6.07) is 3.16. The van der Waals surface area contributed by atoms with Gasteiger partial charge in [-0.3, -0.25) is 9.78 Å². The van der Waals surface area contributed by atoms with Crippen LogP contribution in [-0.2, 0) is 10.0 Å². The molecule has 0 radical (unpaired) electrons. The predicted octanol–water partition coefficient (Wildman–Crippen LogP) is 1.22. The Kier molecular flexibility index (Phi) is 5.64. The van der Waals surface area contributed by atoms with Gasteiger partial charge >= 0.3 is 0 Å². The van der Waals surface area contributed by atoms with Gasteiger partial charge in [0, 0.05) is 30.9 Å². The molecular formula is C14H19F2N3O3S. The minimum absolute atomic E-state index is 0.0309. The van der Waals surface area contributed by atoms with Crippen LogP contribution in [0, 0.1) is 0 Å². The van der Waals surface area contributed by atoms with Crippen molar-refractivity contribution in [1.29, 1.82) is 0 Å². The molecule has 9 heteroatoms. The highest BCUT2D eigenvalue weighted by molar-refractivity contribution is 7.88. The van der Waals surface area contributed by atoms with E-state index in [1.807, 2.05) is 0 Å². The van der Waals surface area contributed by atoms with E-state index in [0.29, 0.717) is 18.8 Å². The largest absolute Gasteiger partial charge is 0.346 e. The zero-order chi connectivity index (χ0) is 17.0. The van der Waals surface area contributed by atoms with E-state index in [-0.39, 0.29) is 11.5 Å². The molecule has 1 aromatic heterocycles. The van der Waals surface area contributed by atoms with E-state index in [2.05, 4.69) is 10.3 Å². The third-order valence-corrected chi connectivity index (χ3v) is 5.01. The van der Waals surface area contributed by atoms with E-state index in [1.165, 1.54) is 22.8 Å². The van der Waals surface area contributed by atoms with E-state index >= 15 is 0 Å². The molecule has 6 nitrogen and oxygen atoms in total. The van der Waals surface area contributed by atoms with Gasteiger partial charge in [-0.25, -0.2) is 21.5 Å². The van der Waals surface area contributed by atoms with Crippen molar-refractivity contribution < 1.29 is 22.0 Å². The van der Waals surface area contributed by atoms with Gasteiger partial charge in [0.25, 0.3) is 12.3 Å². The number of carbonyl (C=O) groups is 1. The zero-order valence-electron chi connectivity index (χ0n) is 12.7. The zero-order valence-corrected chi connectivity index (χ0v) is 13.5. The van der Waals surface area contributed by atoms with E-state index in [9.17, 15) is 22.0 Å². The summed E-state index contributed by atoms with van der Waals surface area (Å²) in [6.07, 6.45) is 1.47. The number of sulfonamides is 1. The highest BCUT2D eigenvalue weighted by Gasteiger charge is 2.27. The average molecular weight is 347 g/mol. The molecule has 0 aliphatic carbocycles. The Bertz CT molecular complexity index is 650. The summed E-state index contributed by atoms with van der Waals surface area (Å²) in [5.41, 5.74) is 0.897. The second-order valence-electron chi connectivity index (χ2n) is 5.53. The molecule has 1 N–H and O–H groups in total. The summed E-state index contributed by atoms with van der Waals surface area (Å²) in [5, 5.41) is 2.11. The lowest BCUT2D eigenvalue weighted by Crippen LogP contribution is -2.38. The number of aromatic nitrogens is 1. The quantitative estimate of drug-likeness (QED) is 0.868. The molecule has 23 heavy (non-hydrogen) atoms. The number of nitrogens with zero attached hydrogens (tertiary/aromatic N) is 2. The lowest BCUT2D eigenvalue weighted by molar-refractivity contribution is 0.0891. The Morgan fingerprint density at radius 2 is 2.22 bits per heavy atom. The minimum Gasteiger partial charge on any atom is -0.346 e. The van der Waals surface area contributed by atoms with Crippen molar-refractivity contribution in [3.63, 3.8) is 0 Å². The highest BCUT2D eigenvalue weighted by Crippen LogP contribution is 2.26. The fraction of sp³-hybridized carbons (Fsp3) is 0.571. The first kappa shape index (κ1) is 17.7. The molecule has 0 aromatic carbocycles. The molecule has 2 rings (SSSR count). The van der Waals surface area contributed by atoms with Crippen LogP contribution >= 0.6 is 0 Å². The van der Waals surface area contributed by atoms with E-state index in [1.54, 1.807) is 6.07 Å². The molecule has 1 fully saturated rings. The van der Waals surface area contributed by atoms with E-state index in [4.69, 9.17) is 0 Å². The van der Waals surface area contributed by atoms with Crippen LogP contribution in [0.3, 0.4) is 0 Å². The number of alkyl halides is 2. The van der Waals surface area contributed by atoms with Gasteiger partial charge in [0.1, 0.15) is 0 Å². The van der Waals surface area contributed by atoms with Crippen molar-refractivity contribution >= 4 is 15.9 Å². The molecule has 128 valence electrons. The summed E-state index contributed by atoms with van der Waals surface area (Å²) in [4.78, 5) is 15.8. The lowest BCUT2D eigenvalue weighted by Gasteiger charge is -2.30. The number of piperidine rings is 1. The molecular weight excluding hydrogens is 328 g/mol. The molecule has 1 saturated heterocycles. The van der Waals surface area contributed by atoms with Gasteiger partial charge in [-0.1, -0.05) is 0 Å². The van der Waals surface area contributed by atoms with Crippen LogP contribution in [-0.4, -0.2) is 55.9 Å². The van der Waals surface area contributed by atoms with Crippen molar-refractivity contribution in [2.45, 2.75) is 25.2 Å². The van der Waals surface area contributed by atoms with E-state index in [0.717, 1.165) is 12.8 Å². The molecule has 0 saturated carbocycles. The Morgan fingerprint density at radius 3 is 2.78 bits per heavy atom. The van der Waals surface area contributed by atoms with Crippen LogP contribution in [0.15, 0.2) is 18.3 Å². The van der Waals surface area contributed by atoms with E-state index < -0.39 is 28.9 Å². The lowest BCUT2D eigenvalue weighted by atomic mass is 9.95. The number of pyridine rings is 1. The molecule has 1 aliphatic rings. The SMILES string of the molecule is CS(=O)(=O)N1CCC[C@H](c2ccc(C(=O)NCC(F)F)cn2)C1. The normalized spacial score (nSPS) is 19.7. The Morgan fingerprint density at radius 1 is 1.48 bits per heavy atom. The topological polar surface area (TPSA) is 79.4 Å². The van der Waals surface area contributed by atoms with Gasteiger partial charge in [-0.15, -0.1) is 0 Å². The Hall–Kier alpha value is -1.61. The predicted molar refractivity (Wildman–Crippen MR) is 81.0 cm³/mol. The number of amides is 1. The molecule has 0 bridgehead atoms. The second-order valence-corrected chi connectivity index (χ2v) is 7.52. The van der Waals surface area contributed by atoms with Gasteiger partial charge < -0.3 is 5.32 Å². The van der Waals surface area contributed by atoms with Crippen molar-refractivity contribution in [3.8, 4) is 0 Å². The van der Waals surface area contributed by atoms with Crippen LogP contribution in [0.25, 0.3) is 0 Å². The fourth-order valence-corrected chi connectivity index (χ4v) is 3.45. The Balaban J connectivity index is 2.03. The third kappa shape index (κ3) is 4.93. The Labute approximate surface area is 133 Å². The van der Waals surface area contributed by atoms with Crippen molar-refractivity contribution in [2.24, 2.45) is 0 Å². The van der Waals surface area contributed by atoms with Crippen LogP contribution in [0.5, 0.6) is 0 Å². The summed E-state index contributed by atoms with van der Waals surface area (Å²) >= 11 is 0. The van der Waals surface area contributed by atoms with Gasteiger partial charge in [-0.2, -0.15) is 0 Å². The first-order valence-corrected chi connectivity index (χ1v) is 9.09. The first-order valence-electron chi connectivity index (χ1n) is 7.25. The summed E-state index contributed by atoms with van der Waals surface area (Å²) < 4.78 is 48.8. The fourth-order valence-electron chi connectivity index (χ4n) is 2.54. The van der Waals surface area contributed by atoms with Gasteiger partial charge in [0.05, 0.1) is 18.4 Å². The molecule has 0 spiro atoms. The highest BCUT2D eigenvalue weighted by atomic mass is 32.2. The molecule has 1 amide bonds. The van der Waals surface area contributed by atoms with Crippen molar-refractivity contribution in [2.75, 3.05) is 25.9 Å². The standard InChI is InChI=1S/C14H19F2N3O3S/c1-23(21,22)19-6-2-3-11(9-19)12-5-4-10(7-17-12)14(20)18-8-13(15)16/h4-5,7,11,13H,2-3,6,8-9H2,1H3,(H,18,20)/t11-/m0/s1. The maximum absolute atomic E-state index is 12.1. The number of halogens is 2. The maximum atomic E-state index is 12.1. The number of carbonyl (C=O) groups excluding carboxylic acids is 1. The van der Waals surface area contributed by atoms with Gasteiger partial charge in [-0.05, 0) is 25.0 Å². The van der Waals surface area contributed by atoms with Crippen molar-refractivity contribution in [1.82, 2.24) is 14.6 Å². The molecule has 2 heterocycles. The third-order valence-electron chi connectivity index (χ3n) is 3.74. The average Bonchev–Trinajstić information content (AvgIpc) is 2.52. The molecule has 1 aliphatic heterocycles. The van der Waals surface area contributed by atoms with Crippen LogP contribution in [0.4, 0.5) is 8.78 Å². The molecule has 0 unspecified atom stereocenters. The number of hydrogen-bond acceptors (Lipinski definition) is 4. The van der Waals surface area contributed by atoms with Crippen molar-refractivity contribution in [3.05, 3.63) is 29.6 Å². The second kappa shape index (κ2) is 7.31. The smallest absolute Gasteiger partial charge is 0.255 e. The molecule has 1 aromatic rings. The summed E-state index contributed by atoms with van der Waals surface area (Å²) in [5.74, 6) is -0.637. The van der Waals surface area contributed by atoms with Gasteiger partial charge in [0.15, 0.2) is 0 Å². The maximum Gasteiger partial charge on any atom is 0.255 e. The molecule has 1 atom stereocenters. The number of rotatable bonds is 5. The van der Waals surface area contributed by atoms with Crippen LogP contribution < -0.4 is 5.32 Å². The van der Waals surface area contributed by atoms with Crippen LogP contribution in [0.1, 0.15) is 34.8 Å². The van der Waals surface area contributed by atoms with Gasteiger partial charge in [0.2, 0.25) is 10.0 Å². The van der Waals surface area contributed by atoms with Crippen LogP contribution in [0.2, 0.25) is 0 Å². The monoisotopic (exact) mass is 347 g/mol. The first-order chi connectivity index (χ1) is 10.8.